The Kier molecular flexibility index (Phi) is 48.6. The van der Waals surface area contributed by atoms with E-state index in [1.807, 2.05) is 0 Å². The van der Waals surface area contributed by atoms with Gasteiger partial charge in [-0.1, -0.05) is 222 Å². The van der Waals surface area contributed by atoms with Gasteiger partial charge >= 0.3 is 39.5 Å². The van der Waals surface area contributed by atoms with E-state index in [0.717, 1.165) is 109 Å². The molecule has 17 nitrogen and oxygen atoms in total. The molecular weight excluding hydrogens is 1030 g/mol. The predicted molar refractivity (Wildman–Crippen MR) is 303 cm³/mol. The highest BCUT2D eigenvalue weighted by Crippen LogP contribution is 2.45. The third kappa shape index (κ3) is 53.2. The first kappa shape index (κ1) is 75.1. The van der Waals surface area contributed by atoms with Gasteiger partial charge in [-0.25, -0.2) is 9.13 Å². The molecule has 19 heteroatoms. The lowest BCUT2D eigenvalue weighted by Gasteiger charge is -2.21. The Morgan fingerprint density at radius 2 is 0.597 bits per heavy atom. The zero-order valence-corrected chi connectivity index (χ0v) is 51.2. The first-order chi connectivity index (χ1) is 36.7. The average molecular weight is 1140 g/mol. The van der Waals surface area contributed by atoms with Crippen molar-refractivity contribution in [2.24, 2.45) is 17.8 Å². The van der Waals surface area contributed by atoms with Crippen LogP contribution in [0.25, 0.3) is 0 Å². The number of phosphoric ester groups is 2. The van der Waals surface area contributed by atoms with Crippen molar-refractivity contribution in [2.75, 3.05) is 39.6 Å². The molecule has 0 bridgehead atoms. The molecule has 0 aromatic rings. The number of ether oxygens (including phenoxy) is 4. The van der Waals surface area contributed by atoms with E-state index >= 15 is 0 Å². The summed E-state index contributed by atoms with van der Waals surface area (Å²) in [6.07, 6.45) is 28.4. The van der Waals surface area contributed by atoms with E-state index in [1.165, 1.54) is 64.2 Å². The van der Waals surface area contributed by atoms with Gasteiger partial charge in [-0.15, -0.1) is 0 Å². The molecule has 2 unspecified atom stereocenters. The van der Waals surface area contributed by atoms with Crippen molar-refractivity contribution >= 4 is 39.5 Å². The predicted octanol–water partition coefficient (Wildman–Crippen LogP) is 15.2. The smallest absolute Gasteiger partial charge is 0.462 e. The van der Waals surface area contributed by atoms with Gasteiger partial charge < -0.3 is 33.8 Å². The van der Waals surface area contributed by atoms with Crippen LogP contribution in [-0.2, 0) is 65.4 Å². The molecule has 0 saturated carbocycles. The molecule has 0 rings (SSSR count). The van der Waals surface area contributed by atoms with Crippen molar-refractivity contribution in [2.45, 2.75) is 292 Å². The number of rotatable bonds is 56. The Labute approximate surface area is 467 Å². The highest BCUT2D eigenvalue weighted by molar-refractivity contribution is 7.47. The topological polar surface area (TPSA) is 237 Å². The van der Waals surface area contributed by atoms with Crippen LogP contribution in [0.1, 0.15) is 273 Å². The lowest BCUT2D eigenvalue weighted by atomic mass is 10.0. The summed E-state index contributed by atoms with van der Waals surface area (Å²) in [5, 5.41) is 10.5. The van der Waals surface area contributed by atoms with E-state index in [9.17, 15) is 43.2 Å². The molecule has 0 fully saturated rings. The number of aliphatic hydroxyl groups is 1. The second kappa shape index (κ2) is 49.8. The normalized spacial score (nSPS) is 14.6. The van der Waals surface area contributed by atoms with Crippen LogP contribution in [0.15, 0.2) is 0 Å². The van der Waals surface area contributed by atoms with Crippen molar-refractivity contribution in [1.82, 2.24) is 0 Å². The molecule has 5 atom stereocenters. The molecule has 0 aliphatic rings. The Hall–Kier alpha value is -1.94. The first-order valence-electron chi connectivity index (χ1n) is 30.3. The molecule has 0 heterocycles. The average Bonchev–Trinajstić information content (AvgIpc) is 3.37. The van der Waals surface area contributed by atoms with Gasteiger partial charge in [0.15, 0.2) is 12.2 Å². The minimum Gasteiger partial charge on any atom is -0.462 e. The van der Waals surface area contributed by atoms with Gasteiger partial charge in [-0.05, 0) is 43.4 Å². The molecule has 0 radical (unpaired) electrons. The summed E-state index contributed by atoms with van der Waals surface area (Å²) >= 11 is 0. The SMILES string of the molecule is CCCCCCCCCC(=O)OC[C@H](COP(=O)(O)OC[C@H](O)COP(=O)(O)OC[C@@H](COC(=O)CCCCCCCCCC(C)C)OC(=O)CCCCCCCCCC(C)C)OC(=O)CCCCCCCCCC(C)C. The molecule has 0 aromatic heterocycles. The third-order valence-corrected chi connectivity index (χ3v) is 15.0. The largest absolute Gasteiger partial charge is 0.472 e. The summed E-state index contributed by atoms with van der Waals surface area (Å²) in [7, 11) is -9.87. The number of carbonyl (C=O) groups is 4. The first-order valence-corrected chi connectivity index (χ1v) is 33.3. The molecule has 0 aliphatic carbocycles. The standard InChI is InChI=1S/C58H112O17P2/c1-8-9-10-11-15-25-32-39-55(60)68-45-53(74-57(62)41-34-27-20-13-17-23-30-37-50(4)5)47-72-76(64,65)70-43-52(59)44-71-77(66,67)73-48-54(75-58(63)42-35-28-21-14-18-24-31-38-51(6)7)46-69-56(61)40-33-26-19-12-16-22-29-36-49(2)3/h49-54,59H,8-48H2,1-7H3,(H,64,65)(H,66,67)/t52-,53+,54+/m0/s1. The second-order valence-electron chi connectivity index (χ2n) is 22.5. The molecule has 0 aliphatic heterocycles. The summed E-state index contributed by atoms with van der Waals surface area (Å²) < 4.78 is 67.6. The van der Waals surface area contributed by atoms with E-state index in [-0.39, 0.29) is 25.7 Å². The van der Waals surface area contributed by atoms with Crippen LogP contribution in [0.2, 0.25) is 0 Å². The molecule has 0 spiro atoms. The van der Waals surface area contributed by atoms with Crippen molar-refractivity contribution in [3.05, 3.63) is 0 Å². The van der Waals surface area contributed by atoms with Crippen molar-refractivity contribution in [1.29, 1.82) is 0 Å². The minimum atomic E-state index is -4.94. The van der Waals surface area contributed by atoms with Crippen molar-refractivity contribution < 1.29 is 80.2 Å². The van der Waals surface area contributed by atoms with Crippen molar-refractivity contribution in [3.63, 3.8) is 0 Å². The quantitative estimate of drug-likeness (QED) is 0.0222. The van der Waals surface area contributed by atoms with Crippen LogP contribution in [-0.4, -0.2) is 96.7 Å². The molecule has 0 aromatic carbocycles. The fourth-order valence-electron chi connectivity index (χ4n) is 8.42. The molecular formula is C58H112O17P2. The van der Waals surface area contributed by atoms with E-state index in [1.54, 1.807) is 0 Å². The van der Waals surface area contributed by atoms with Crippen LogP contribution >= 0.6 is 15.6 Å². The number of phosphoric acid groups is 2. The van der Waals surface area contributed by atoms with Crippen LogP contribution in [0.4, 0.5) is 0 Å². The second-order valence-corrected chi connectivity index (χ2v) is 25.4. The van der Waals surface area contributed by atoms with E-state index < -0.39 is 97.5 Å². The maximum Gasteiger partial charge on any atom is 0.472 e. The minimum absolute atomic E-state index is 0.102. The van der Waals surface area contributed by atoms with Crippen molar-refractivity contribution in [3.8, 4) is 0 Å². The number of carbonyl (C=O) groups excluding carboxylic acids is 4. The van der Waals surface area contributed by atoms with E-state index in [0.29, 0.717) is 43.4 Å². The van der Waals surface area contributed by atoms with Crippen LogP contribution < -0.4 is 0 Å². The number of hydrogen-bond acceptors (Lipinski definition) is 15. The van der Waals surface area contributed by atoms with Gasteiger partial charge in [0.1, 0.15) is 19.3 Å². The Morgan fingerprint density at radius 3 is 0.883 bits per heavy atom. The maximum absolute atomic E-state index is 12.9. The lowest BCUT2D eigenvalue weighted by molar-refractivity contribution is -0.161. The van der Waals surface area contributed by atoms with Crippen LogP contribution in [0.5, 0.6) is 0 Å². The fraction of sp³-hybridized carbons (Fsp3) is 0.931. The Bertz CT molecular complexity index is 1550. The third-order valence-electron chi connectivity index (χ3n) is 13.1. The van der Waals surface area contributed by atoms with Gasteiger partial charge in [-0.3, -0.25) is 37.3 Å². The fourth-order valence-corrected chi connectivity index (χ4v) is 10.00. The summed E-state index contributed by atoms with van der Waals surface area (Å²) in [5.41, 5.74) is 0. The molecule has 0 saturated heterocycles. The van der Waals surface area contributed by atoms with Gasteiger partial charge in [0, 0.05) is 25.7 Å². The summed E-state index contributed by atoms with van der Waals surface area (Å²) in [6, 6.07) is 0. The zero-order valence-electron chi connectivity index (χ0n) is 49.4. The van der Waals surface area contributed by atoms with Crippen LogP contribution in [0, 0.1) is 17.8 Å². The van der Waals surface area contributed by atoms with Gasteiger partial charge in [-0.2, -0.15) is 0 Å². The molecule has 77 heavy (non-hydrogen) atoms. The van der Waals surface area contributed by atoms with Gasteiger partial charge in [0.2, 0.25) is 0 Å². The summed E-state index contributed by atoms with van der Waals surface area (Å²) in [4.78, 5) is 71.7. The summed E-state index contributed by atoms with van der Waals surface area (Å²) in [5.74, 6) is -0.0565. The number of hydrogen-bond donors (Lipinski definition) is 3. The highest BCUT2D eigenvalue weighted by Gasteiger charge is 2.30. The van der Waals surface area contributed by atoms with E-state index in [4.69, 9.17) is 37.0 Å². The number of esters is 4. The van der Waals surface area contributed by atoms with Crippen LogP contribution in [0.3, 0.4) is 0 Å². The lowest BCUT2D eigenvalue weighted by Crippen LogP contribution is -2.30. The maximum atomic E-state index is 12.9. The monoisotopic (exact) mass is 1140 g/mol. The summed E-state index contributed by atoms with van der Waals surface area (Å²) in [6.45, 7) is 11.5. The number of aliphatic hydroxyl groups excluding tert-OH is 1. The molecule has 0 amide bonds. The highest BCUT2D eigenvalue weighted by atomic mass is 31.2. The van der Waals surface area contributed by atoms with E-state index in [2.05, 4.69) is 48.5 Å². The molecule has 3 N–H and O–H groups in total. The number of unbranched alkanes of at least 4 members (excludes halogenated alkanes) is 24. The Morgan fingerprint density at radius 1 is 0.351 bits per heavy atom. The van der Waals surface area contributed by atoms with Gasteiger partial charge in [0.05, 0.1) is 26.4 Å². The zero-order chi connectivity index (χ0) is 57.4. The Balaban J connectivity index is 5.23. The molecule has 456 valence electrons. The van der Waals surface area contributed by atoms with Gasteiger partial charge in [0.25, 0.3) is 0 Å².